The minimum atomic E-state index is -1.73. The van der Waals surface area contributed by atoms with Crippen LogP contribution in [0.5, 0.6) is 11.5 Å². The average molecular weight is 402 g/mol. The maximum Gasteiger partial charge on any atom is 0.198 e. The molecule has 1 saturated heterocycles. The molecule has 2 aromatic rings. The van der Waals surface area contributed by atoms with Gasteiger partial charge in [0.05, 0.1) is 11.1 Å². The Morgan fingerprint density at radius 2 is 1.45 bits per heavy atom. The molecule has 29 heavy (non-hydrogen) atoms. The number of aliphatic hydroxyl groups is 4. The highest BCUT2D eigenvalue weighted by Gasteiger charge is 2.43. The van der Waals surface area contributed by atoms with Crippen LogP contribution in [-0.2, 0) is 4.74 Å². The van der Waals surface area contributed by atoms with Gasteiger partial charge in [-0.15, -0.1) is 0 Å². The highest BCUT2D eigenvalue weighted by Crippen LogP contribution is 2.38. The Balaban J connectivity index is 1.65. The number of benzene rings is 2. The Hall–Kier alpha value is -2.82. The SMILES string of the molecule is O=C1c2ccccc2C(=O)c2c(OCC3O[C@@H](O)C(O)C(O)[C@@H]3O)ccc(O)c21. The first-order chi connectivity index (χ1) is 13.8. The normalized spacial score (nSPS) is 28.6. The zero-order chi connectivity index (χ0) is 20.9. The first-order valence-corrected chi connectivity index (χ1v) is 8.86. The minimum Gasteiger partial charge on any atom is -0.507 e. The summed E-state index contributed by atoms with van der Waals surface area (Å²) in [6.45, 7) is -0.400. The number of hydrogen-bond donors (Lipinski definition) is 5. The topological polar surface area (TPSA) is 154 Å². The first-order valence-electron chi connectivity index (χ1n) is 8.86. The number of aromatic hydroxyl groups is 1. The Bertz CT molecular complexity index is 986. The fourth-order valence-corrected chi connectivity index (χ4v) is 3.54. The second-order valence-electron chi connectivity index (χ2n) is 6.88. The average Bonchev–Trinajstić information content (AvgIpc) is 2.72. The molecule has 0 amide bonds. The van der Waals surface area contributed by atoms with E-state index in [1.807, 2.05) is 0 Å². The summed E-state index contributed by atoms with van der Waals surface area (Å²) in [6.07, 6.45) is -7.84. The Kier molecular flexibility index (Phi) is 4.85. The van der Waals surface area contributed by atoms with Crippen LogP contribution in [0.2, 0.25) is 0 Å². The number of ketones is 2. The fraction of sp³-hybridized carbons (Fsp3) is 0.300. The summed E-state index contributed by atoms with van der Waals surface area (Å²) in [5.41, 5.74) is 0.0269. The smallest absolute Gasteiger partial charge is 0.198 e. The van der Waals surface area contributed by atoms with Gasteiger partial charge in [0.1, 0.15) is 42.5 Å². The van der Waals surface area contributed by atoms with E-state index in [0.717, 1.165) is 0 Å². The van der Waals surface area contributed by atoms with Gasteiger partial charge in [0.2, 0.25) is 0 Å². The van der Waals surface area contributed by atoms with Gasteiger partial charge in [0.25, 0.3) is 0 Å². The van der Waals surface area contributed by atoms with Crippen LogP contribution in [0.4, 0.5) is 0 Å². The Morgan fingerprint density at radius 1 is 0.828 bits per heavy atom. The van der Waals surface area contributed by atoms with Crippen molar-refractivity contribution in [3.8, 4) is 11.5 Å². The summed E-state index contributed by atoms with van der Waals surface area (Å²) in [6, 6.07) is 8.71. The van der Waals surface area contributed by atoms with Gasteiger partial charge in [0.15, 0.2) is 17.9 Å². The van der Waals surface area contributed by atoms with E-state index in [1.54, 1.807) is 12.1 Å². The first kappa shape index (κ1) is 19.5. The van der Waals surface area contributed by atoms with Crippen LogP contribution < -0.4 is 4.74 Å². The second kappa shape index (κ2) is 7.21. The molecule has 2 aliphatic rings. The maximum absolute atomic E-state index is 13.0. The monoisotopic (exact) mass is 402 g/mol. The molecule has 0 aromatic heterocycles. The number of phenolic OH excluding ortho intramolecular Hbond substituents is 1. The molecular formula is C20H18O9. The molecule has 152 valence electrons. The van der Waals surface area contributed by atoms with E-state index in [4.69, 9.17) is 9.47 Å². The largest absolute Gasteiger partial charge is 0.507 e. The van der Waals surface area contributed by atoms with E-state index in [9.17, 15) is 35.1 Å². The molecule has 5 atom stereocenters. The molecule has 0 bridgehead atoms. The Morgan fingerprint density at radius 3 is 2.10 bits per heavy atom. The van der Waals surface area contributed by atoms with Crippen LogP contribution in [-0.4, -0.2) is 74.4 Å². The Labute approximate surface area is 164 Å². The van der Waals surface area contributed by atoms with Gasteiger partial charge < -0.3 is 35.0 Å². The molecule has 0 saturated carbocycles. The third kappa shape index (κ3) is 3.09. The third-order valence-corrected chi connectivity index (χ3v) is 5.11. The molecule has 0 radical (unpaired) electrons. The standard InChI is InChI=1S/C20H18O9/c21-10-5-6-11(28-7-12-17(24)18(25)19(26)20(27)29-12)14-13(10)15(22)8-3-1-2-4-9(8)16(14)23/h1-6,12,17-21,24-27H,7H2/t12?,17-,18?,19?,20-/m1/s1. The van der Waals surface area contributed by atoms with E-state index >= 15 is 0 Å². The van der Waals surface area contributed by atoms with Crippen molar-refractivity contribution in [2.45, 2.75) is 30.7 Å². The second-order valence-corrected chi connectivity index (χ2v) is 6.88. The van der Waals surface area contributed by atoms with Gasteiger partial charge in [-0.05, 0) is 12.1 Å². The molecule has 0 spiro atoms. The number of aliphatic hydroxyl groups excluding tert-OH is 4. The van der Waals surface area contributed by atoms with Crippen LogP contribution in [0.15, 0.2) is 36.4 Å². The van der Waals surface area contributed by atoms with Gasteiger partial charge in [0, 0.05) is 11.1 Å². The number of carbonyl (C=O) groups is 2. The lowest BCUT2D eigenvalue weighted by atomic mass is 9.83. The highest BCUT2D eigenvalue weighted by atomic mass is 16.6. The molecule has 1 heterocycles. The quantitative estimate of drug-likeness (QED) is 0.384. The van der Waals surface area contributed by atoms with Crippen LogP contribution in [0, 0.1) is 0 Å². The van der Waals surface area contributed by atoms with Crippen LogP contribution >= 0.6 is 0 Å². The lowest BCUT2D eigenvalue weighted by molar-refractivity contribution is -0.285. The predicted molar refractivity (Wildman–Crippen MR) is 95.8 cm³/mol. The summed E-state index contributed by atoms with van der Waals surface area (Å²) in [7, 11) is 0. The number of ether oxygens (including phenoxy) is 2. The number of phenols is 1. The van der Waals surface area contributed by atoms with Crippen molar-refractivity contribution in [3.05, 3.63) is 58.7 Å². The van der Waals surface area contributed by atoms with E-state index in [2.05, 4.69) is 0 Å². The van der Waals surface area contributed by atoms with Crippen molar-refractivity contribution in [3.63, 3.8) is 0 Å². The number of rotatable bonds is 3. The fourth-order valence-electron chi connectivity index (χ4n) is 3.54. The van der Waals surface area contributed by atoms with Crippen molar-refractivity contribution in [1.29, 1.82) is 0 Å². The molecule has 9 nitrogen and oxygen atoms in total. The van der Waals surface area contributed by atoms with Crippen molar-refractivity contribution in [1.82, 2.24) is 0 Å². The lowest BCUT2D eigenvalue weighted by Gasteiger charge is -2.38. The number of hydrogen-bond acceptors (Lipinski definition) is 9. The highest BCUT2D eigenvalue weighted by molar-refractivity contribution is 6.30. The summed E-state index contributed by atoms with van der Waals surface area (Å²) < 4.78 is 10.6. The van der Waals surface area contributed by atoms with E-state index in [1.165, 1.54) is 24.3 Å². The predicted octanol–water partition coefficient (Wildman–Crippen LogP) is -0.654. The van der Waals surface area contributed by atoms with Crippen LogP contribution in [0.25, 0.3) is 0 Å². The molecular weight excluding hydrogens is 384 g/mol. The molecule has 3 unspecified atom stereocenters. The van der Waals surface area contributed by atoms with E-state index in [-0.39, 0.29) is 33.8 Å². The number of fused-ring (bicyclic) bond motifs is 2. The summed E-state index contributed by atoms with van der Waals surface area (Å²) in [4.78, 5) is 25.7. The van der Waals surface area contributed by atoms with Crippen molar-refractivity contribution in [2.75, 3.05) is 6.61 Å². The lowest BCUT2D eigenvalue weighted by Crippen LogP contribution is -2.58. The zero-order valence-corrected chi connectivity index (χ0v) is 14.9. The minimum absolute atomic E-state index is 0.0310. The van der Waals surface area contributed by atoms with Gasteiger partial charge in [-0.1, -0.05) is 24.3 Å². The molecule has 1 fully saturated rings. The summed E-state index contributed by atoms with van der Waals surface area (Å²) in [5, 5.41) is 49.1. The van der Waals surface area contributed by atoms with Crippen LogP contribution in [0.1, 0.15) is 31.8 Å². The molecule has 5 N–H and O–H groups in total. The van der Waals surface area contributed by atoms with Crippen molar-refractivity contribution >= 4 is 11.6 Å². The van der Waals surface area contributed by atoms with Crippen LogP contribution in [0.3, 0.4) is 0 Å². The molecule has 4 rings (SSSR count). The van der Waals surface area contributed by atoms with Gasteiger partial charge in [-0.3, -0.25) is 9.59 Å². The zero-order valence-electron chi connectivity index (χ0n) is 14.9. The van der Waals surface area contributed by atoms with Gasteiger partial charge in [-0.2, -0.15) is 0 Å². The van der Waals surface area contributed by atoms with E-state index < -0.39 is 48.9 Å². The molecule has 1 aliphatic carbocycles. The van der Waals surface area contributed by atoms with E-state index in [0.29, 0.717) is 0 Å². The molecule has 2 aromatic carbocycles. The maximum atomic E-state index is 13.0. The third-order valence-electron chi connectivity index (χ3n) is 5.11. The molecule has 1 aliphatic heterocycles. The van der Waals surface area contributed by atoms with Gasteiger partial charge >= 0.3 is 0 Å². The van der Waals surface area contributed by atoms with Crippen molar-refractivity contribution < 1.29 is 44.6 Å². The van der Waals surface area contributed by atoms with Gasteiger partial charge in [-0.25, -0.2) is 0 Å². The molecule has 9 heteroatoms. The van der Waals surface area contributed by atoms with Crippen molar-refractivity contribution in [2.24, 2.45) is 0 Å². The number of carbonyl (C=O) groups excluding carboxylic acids is 2. The summed E-state index contributed by atoms with van der Waals surface area (Å²) in [5.74, 6) is -1.44. The summed E-state index contributed by atoms with van der Waals surface area (Å²) >= 11 is 0.